The van der Waals surface area contributed by atoms with Crippen LogP contribution in [0.5, 0.6) is 0 Å². The highest BCUT2D eigenvalue weighted by Gasteiger charge is 2.40. The van der Waals surface area contributed by atoms with E-state index in [1.165, 1.54) is 12.1 Å². The molecule has 13 nitrogen and oxygen atoms in total. The number of hydrogen-bond donors (Lipinski definition) is 4. The SMILES string of the molecule is O=C(CNC(=O)Nc1ccc(Cl)cc1)NCC(=O)N[C@@H](Cc1ccccc1)C(=O)N1CCC[C@H]1C(=O)N1CCC(c2noc3cc(F)ccc23)CC1. The van der Waals surface area contributed by atoms with Gasteiger partial charge in [-0.1, -0.05) is 47.1 Å². The Morgan fingerprint density at radius 1 is 0.885 bits per heavy atom. The molecule has 2 aliphatic rings. The van der Waals surface area contributed by atoms with E-state index in [-0.39, 0.29) is 30.7 Å². The Morgan fingerprint density at radius 3 is 2.37 bits per heavy atom. The van der Waals surface area contributed by atoms with E-state index in [2.05, 4.69) is 26.4 Å². The number of urea groups is 1. The number of halogens is 2. The Labute approximate surface area is 304 Å². The standard InChI is InChI=1S/C37H39ClFN7O6/c38-25-8-11-27(12-9-25)42-37(51)41-21-32(47)40-22-33(48)43-29(19-23-5-2-1-3-6-23)35(49)46-16-4-7-30(46)36(50)45-17-14-24(15-18-45)34-28-13-10-26(39)20-31(28)52-44-34/h1-3,5-6,8-13,20,24,29-30H,4,7,14-19,21-22H2,(H,40,47)(H,43,48)(H2,41,42,51)/t29-,30-/m0/s1. The minimum absolute atomic E-state index is 0.0466. The zero-order valence-corrected chi connectivity index (χ0v) is 29.0. The van der Waals surface area contributed by atoms with Crippen LogP contribution in [0.15, 0.2) is 77.3 Å². The van der Waals surface area contributed by atoms with Gasteiger partial charge in [0, 0.05) is 54.1 Å². The number of anilines is 1. The second-order valence-corrected chi connectivity index (χ2v) is 13.3. The van der Waals surface area contributed by atoms with Gasteiger partial charge in [-0.05, 0) is 67.6 Å². The Morgan fingerprint density at radius 2 is 1.62 bits per heavy atom. The Bertz CT molecular complexity index is 1920. The summed E-state index contributed by atoms with van der Waals surface area (Å²) in [5.74, 6) is -2.07. The van der Waals surface area contributed by atoms with E-state index in [4.69, 9.17) is 16.1 Å². The van der Waals surface area contributed by atoms with Crippen molar-refractivity contribution in [2.75, 3.05) is 38.0 Å². The number of likely N-dealkylation sites (tertiary alicyclic amines) is 2. The van der Waals surface area contributed by atoms with Crippen LogP contribution in [0, 0.1) is 5.82 Å². The molecule has 3 heterocycles. The number of nitrogens with zero attached hydrogens (tertiary/aromatic N) is 3. The number of aromatic nitrogens is 1. The average molecular weight is 732 g/mol. The van der Waals surface area contributed by atoms with E-state index in [0.29, 0.717) is 61.6 Å². The van der Waals surface area contributed by atoms with Crippen LogP contribution in [-0.4, -0.2) is 89.4 Å². The minimum atomic E-state index is -0.987. The van der Waals surface area contributed by atoms with E-state index < -0.39 is 42.3 Å². The topological polar surface area (TPSA) is 166 Å². The number of benzene rings is 3. The van der Waals surface area contributed by atoms with Gasteiger partial charge < -0.3 is 35.6 Å². The summed E-state index contributed by atoms with van der Waals surface area (Å²) in [5.41, 5.74) is 2.44. The number of nitrogens with one attached hydrogen (secondary N) is 4. The van der Waals surface area contributed by atoms with E-state index in [1.54, 1.807) is 40.1 Å². The normalized spacial score (nSPS) is 16.7. The molecule has 2 saturated heterocycles. The largest absolute Gasteiger partial charge is 0.356 e. The number of carbonyl (C=O) groups is 5. The van der Waals surface area contributed by atoms with Crippen molar-refractivity contribution < 1.29 is 32.9 Å². The molecule has 2 atom stereocenters. The molecule has 0 bridgehead atoms. The molecule has 52 heavy (non-hydrogen) atoms. The third-order valence-corrected chi connectivity index (χ3v) is 9.60. The van der Waals surface area contributed by atoms with Crippen LogP contribution in [0.4, 0.5) is 14.9 Å². The van der Waals surface area contributed by atoms with Crippen LogP contribution in [0.1, 0.15) is 42.9 Å². The second-order valence-electron chi connectivity index (χ2n) is 12.9. The first-order chi connectivity index (χ1) is 25.1. The molecule has 15 heteroatoms. The molecular weight excluding hydrogens is 693 g/mol. The van der Waals surface area contributed by atoms with Crippen molar-refractivity contribution in [3.05, 3.63) is 94.9 Å². The van der Waals surface area contributed by atoms with Crippen LogP contribution in [0.3, 0.4) is 0 Å². The summed E-state index contributed by atoms with van der Waals surface area (Å²) < 4.78 is 19.0. The minimum Gasteiger partial charge on any atom is -0.356 e. The molecule has 0 saturated carbocycles. The lowest BCUT2D eigenvalue weighted by Gasteiger charge is -2.36. The number of piperidine rings is 1. The lowest BCUT2D eigenvalue weighted by atomic mass is 9.91. The van der Waals surface area contributed by atoms with Gasteiger partial charge in [0.25, 0.3) is 0 Å². The van der Waals surface area contributed by atoms with Crippen molar-refractivity contribution in [3.8, 4) is 0 Å². The molecule has 6 amide bonds. The van der Waals surface area contributed by atoms with Crippen molar-refractivity contribution in [3.63, 3.8) is 0 Å². The molecule has 6 rings (SSSR count). The van der Waals surface area contributed by atoms with Gasteiger partial charge >= 0.3 is 6.03 Å². The summed E-state index contributed by atoms with van der Waals surface area (Å²) in [6, 6.07) is 17.7. The second kappa shape index (κ2) is 16.7. The zero-order valence-electron chi connectivity index (χ0n) is 28.3. The van der Waals surface area contributed by atoms with E-state index in [0.717, 1.165) is 16.6 Å². The molecule has 4 N–H and O–H groups in total. The Balaban J connectivity index is 1.03. The van der Waals surface area contributed by atoms with Crippen LogP contribution in [0.2, 0.25) is 5.02 Å². The highest BCUT2D eigenvalue weighted by molar-refractivity contribution is 6.30. The summed E-state index contributed by atoms with van der Waals surface area (Å²) in [4.78, 5) is 68.9. The highest BCUT2D eigenvalue weighted by atomic mass is 35.5. The van der Waals surface area contributed by atoms with E-state index >= 15 is 0 Å². The number of amides is 6. The molecular formula is C37H39ClFN7O6. The molecule has 0 unspecified atom stereocenters. The zero-order chi connectivity index (χ0) is 36.6. The molecule has 0 radical (unpaired) electrons. The number of hydrogen-bond acceptors (Lipinski definition) is 7. The van der Waals surface area contributed by atoms with Crippen molar-refractivity contribution in [1.82, 2.24) is 30.9 Å². The monoisotopic (exact) mass is 731 g/mol. The van der Waals surface area contributed by atoms with Crippen LogP contribution in [-0.2, 0) is 25.6 Å². The maximum atomic E-state index is 14.1. The fourth-order valence-electron chi connectivity index (χ4n) is 6.70. The highest BCUT2D eigenvalue weighted by Crippen LogP contribution is 2.34. The Hall–Kier alpha value is -5.50. The van der Waals surface area contributed by atoms with Gasteiger partial charge in [0.15, 0.2) is 5.58 Å². The summed E-state index contributed by atoms with van der Waals surface area (Å²) >= 11 is 5.85. The van der Waals surface area contributed by atoms with Gasteiger partial charge in [0.1, 0.15) is 17.9 Å². The smallest absolute Gasteiger partial charge is 0.319 e. The fourth-order valence-corrected chi connectivity index (χ4v) is 6.83. The Kier molecular flexibility index (Phi) is 11.6. The number of fused-ring (bicyclic) bond motifs is 1. The van der Waals surface area contributed by atoms with Crippen molar-refractivity contribution in [2.45, 2.75) is 50.1 Å². The molecule has 2 aliphatic heterocycles. The molecule has 3 aromatic carbocycles. The predicted octanol–water partition coefficient (Wildman–Crippen LogP) is 3.98. The number of carbonyl (C=O) groups excluding carboxylic acids is 5. The first kappa shape index (κ1) is 36.3. The van der Waals surface area contributed by atoms with Gasteiger partial charge in [-0.2, -0.15) is 0 Å². The van der Waals surface area contributed by atoms with Crippen LogP contribution >= 0.6 is 11.6 Å². The third-order valence-electron chi connectivity index (χ3n) is 9.35. The van der Waals surface area contributed by atoms with Gasteiger partial charge in [-0.15, -0.1) is 0 Å². The van der Waals surface area contributed by atoms with Gasteiger partial charge in [0.2, 0.25) is 23.6 Å². The molecule has 0 aliphatic carbocycles. The first-order valence-corrected chi connectivity index (χ1v) is 17.6. The molecule has 272 valence electrons. The molecule has 0 spiro atoms. The van der Waals surface area contributed by atoms with E-state index in [9.17, 15) is 28.4 Å². The van der Waals surface area contributed by atoms with Crippen molar-refractivity contribution in [2.24, 2.45) is 0 Å². The van der Waals surface area contributed by atoms with Crippen LogP contribution < -0.4 is 21.3 Å². The lowest BCUT2D eigenvalue weighted by molar-refractivity contribution is -0.146. The first-order valence-electron chi connectivity index (χ1n) is 17.2. The maximum absolute atomic E-state index is 14.1. The van der Waals surface area contributed by atoms with Gasteiger partial charge in [-0.3, -0.25) is 19.2 Å². The number of rotatable bonds is 11. The predicted molar refractivity (Wildman–Crippen MR) is 191 cm³/mol. The van der Waals surface area contributed by atoms with E-state index in [1.807, 2.05) is 30.3 Å². The van der Waals surface area contributed by atoms with Gasteiger partial charge in [0.05, 0.1) is 18.8 Å². The van der Waals surface area contributed by atoms with Gasteiger partial charge in [-0.25, -0.2) is 9.18 Å². The molecule has 2 fully saturated rings. The summed E-state index contributed by atoms with van der Waals surface area (Å²) in [6.07, 6.45) is 2.62. The fraction of sp³-hybridized carbons (Fsp3) is 0.351. The summed E-state index contributed by atoms with van der Waals surface area (Å²) in [6.45, 7) is 0.501. The quantitative estimate of drug-likeness (QED) is 0.181. The van der Waals surface area contributed by atoms with Crippen molar-refractivity contribution in [1.29, 1.82) is 0 Å². The van der Waals surface area contributed by atoms with Crippen LogP contribution in [0.25, 0.3) is 11.0 Å². The lowest BCUT2D eigenvalue weighted by Crippen LogP contribution is -2.56. The molecule has 4 aromatic rings. The summed E-state index contributed by atoms with van der Waals surface area (Å²) in [5, 5.41) is 15.7. The third kappa shape index (κ3) is 9.04. The summed E-state index contributed by atoms with van der Waals surface area (Å²) in [7, 11) is 0. The molecule has 1 aromatic heterocycles. The average Bonchev–Trinajstić information content (AvgIpc) is 3.81. The van der Waals surface area contributed by atoms with Crippen molar-refractivity contribution >= 4 is 57.9 Å². The maximum Gasteiger partial charge on any atom is 0.319 e.